The van der Waals surface area contributed by atoms with Gasteiger partial charge in [0, 0.05) is 0 Å². The van der Waals surface area contributed by atoms with Crippen LogP contribution in [0.5, 0.6) is 0 Å². The number of carbonyl (C=O) groups is 1. The molecule has 0 saturated carbocycles. The average Bonchev–Trinajstić information content (AvgIpc) is 2.76. The van der Waals surface area contributed by atoms with Crippen LogP contribution in [0.2, 0.25) is 0 Å². The molecule has 4 aromatic rings. The quantitative estimate of drug-likeness (QED) is 0.335. The van der Waals surface area contributed by atoms with Gasteiger partial charge in [0.15, 0.2) is 5.16 Å². The Kier molecular flexibility index (Phi) is 6.10. The minimum Gasteiger partial charge on any atom is -0.323 e. The Morgan fingerprint density at radius 2 is 1.78 bits per heavy atom. The molecule has 0 radical (unpaired) electrons. The molecular weight excluding hydrogens is 425 g/mol. The van der Waals surface area contributed by atoms with Crippen LogP contribution >= 0.6 is 11.8 Å². The monoisotopic (exact) mass is 447 g/mol. The number of amides is 1. The lowest BCUT2D eigenvalue weighted by Gasteiger charge is -2.18. The van der Waals surface area contributed by atoms with Gasteiger partial charge in [-0.05, 0) is 56.7 Å². The second-order valence-electron chi connectivity index (χ2n) is 7.57. The minimum atomic E-state index is -0.625. The van der Waals surface area contributed by atoms with Gasteiger partial charge in [-0.2, -0.15) is 0 Å². The summed E-state index contributed by atoms with van der Waals surface area (Å²) in [5.74, 6) is -0.885. The summed E-state index contributed by atoms with van der Waals surface area (Å²) in [6.07, 6.45) is 0. The summed E-state index contributed by atoms with van der Waals surface area (Å²) in [5.41, 5.74) is 3.19. The number of halogens is 1. The normalized spacial score (nSPS) is 12.0. The Morgan fingerprint density at radius 1 is 1.06 bits per heavy atom. The smallest absolute Gasteiger partial charge is 0.266 e. The third-order valence-corrected chi connectivity index (χ3v) is 6.17. The number of carbonyl (C=O) groups excluding carboxylic acids is 1. The highest BCUT2D eigenvalue weighted by Crippen LogP contribution is 2.27. The number of aromatic nitrogens is 2. The van der Waals surface area contributed by atoms with Crippen molar-refractivity contribution in [1.82, 2.24) is 9.55 Å². The Morgan fingerprint density at radius 3 is 2.53 bits per heavy atom. The molecule has 1 unspecified atom stereocenters. The average molecular weight is 448 g/mol. The number of hydrogen-bond acceptors (Lipinski definition) is 4. The van der Waals surface area contributed by atoms with Gasteiger partial charge in [0.1, 0.15) is 5.82 Å². The fraction of sp³-hybridized carbons (Fsp3) is 0.160. The van der Waals surface area contributed by atoms with Crippen LogP contribution in [0.15, 0.2) is 76.7 Å². The lowest BCUT2D eigenvalue weighted by atomic mass is 10.1. The van der Waals surface area contributed by atoms with Gasteiger partial charge in [0.05, 0.1) is 27.5 Å². The van der Waals surface area contributed by atoms with E-state index in [9.17, 15) is 14.0 Å². The molecule has 1 aromatic heterocycles. The molecule has 0 saturated heterocycles. The first-order valence-electron chi connectivity index (χ1n) is 10.2. The molecule has 1 amide bonds. The van der Waals surface area contributed by atoms with Crippen LogP contribution in [0, 0.1) is 19.7 Å². The van der Waals surface area contributed by atoms with Crippen molar-refractivity contribution in [3.05, 3.63) is 94.0 Å². The first-order valence-corrected chi connectivity index (χ1v) is 11.0. The summed E-state index contributed by atoms with van der Waals surface area (Å²) in [6.45, 7) is 5.63. The lowest BCUT2D eigenvalue weighted by molar-refractivity contribution is -0.115. The van der Waals surface area contributed by atoms with E-state index in [-0.39, 0.29) is 17.2 Å². The zero-order valence-electron chi connectivity index (χ0n) is 17.9. The van der Waals surface area contributed by atoms with Crippen LogP contribution in [0.4, 0.5) is 10.1 Å². The number of rotatable bonds is 5. The third-order valence-electron chi connectivity index (χ3n) is 5.12. The van der Waals surface area contributed by atoms with Crippen LogP contribution in [-0.4, -0.2) is 20.7 Å². The molecule has 1 heterocycles. The molecule has 0 spiro atoms. The molecule has 0 aliphatic rings. The van der Waals surface area contributed by atoms with Gasteiger partial charge in [-0.15, -0.1) is 0 Å². The molecule has 4 rings (SSSR count). The van der Waals surface area contributed by atoms with Gasteiger partial charge in [0.2, 0.25) is 5.91 Å². The van der Waals surface area contributed by atoms with Gasteiger partial charge in [-0.25, -0.2) is 9.37 Å². The number of hydrogen-bond donors (Lipinski definition) is 1. The molecule has 0 fully saturated rings. The fourth-order valence-corrected chi connectivity index (χ4v) is 4.39. The fourth-order valence-electron chi connectivity index (χ4n) is 3.47. The van der Waals surface area contributed by atoms with Crippen molar-refractivity contribution in [3.8, 4) is 5.69 Å². The van der Waals surface area contributed by atoms with Gasteiger partial charge in [0.25, 0.3) is 5.56 Å². The van der Waals surface area contributed by atoms with Crippen LogP contribution < -0.4 is 10.9 Å². The maximum absolute atomic E-state index is 14.0. The second kappa shape index (κ2) is 8.96. The van der Waals surface area contributed by atoms with E-state index in [1.54, 1.807) is 41.8 Å². The largest absolute Gasteiger partial charge is 0.323 e. The predicted molar refractivity (Wildman–Crippen MR) is 127 cm³/mol. The maximum Gasteiger partial charge on any atom is 0.266 e. The van der Waals surface area contributed by atoms with Crippen LogP contribution in [0.3, 0.4) is 0 Å². The Balaban J connectivity index is 1.76. The predicted octanol–water partition coefficient (Wildman–Crippen LogP) is 5.26. The first-order chi connectivity index (χ1) is 15.3. The van der Waals surface area contributed by atoms with E-state index in [1.807, 2.05) is 38.1 Å². The number of aryl methyl sites for hydroxylation is 2. The van der Waals surface area contributed by atoms with Crippen molar-refractivity contribution in [2.75, 3.05) is 5.32 Å². The topological polar surface area (TPSA) is 64.0 Å². The molecule has 32 heavy (non-hydrogen) atoms. The molecule has 0 aliphatic heterocycles. The van der Waals surface area contributed by atoms with Gasteiger partial charge < -0.3 is 5.32 Å². The van der Waals surface area contributed by atoms with Crippen molar-refractivity contribution in [2.24, 2.45) is 0 Å². The van der Waals surface area contributed by atoms with Crippen molar-refractivity contribution < 1.29 is 9.18 Å². The third kappa shape index (κ3) is 4.29. The molecule has 0 aliphatic carbocycles. The van der Waals surface area contributed by atoms with E-state index < -0.39 is 11.1 Å². The molecule has 0 bridgehead atoms. The molecule has 1 atom stereocenters. The number of benzene rings is 3. The van der Waals surface area contributed by atoms with E-state index >= 15 is 0 Å². The summed E-state index contributed by atoms with van der Waals surface area (Å²) in [7, 11) is 0. The zero-order chi connectivity index (χ0) is 22.8. The maximum atomic E-state index is 14.0. The van der Waals surface area contributed by atoms with Crippen molar-refractivity contribution >= 4 is 34.3 Å². The minimum absolute atomic E-state index is 0.114. The summed E-state index contributed by atoms with van der Waals surface area (Å²) in [4.78, 5) is 30.9. The molecule has 162 valence electrons. The van der Waals surface area contributed by atoms with E-state index in [4.69, 9.17) is 4.98 Å². The summed E-state index contributed by atoms with van der Waals surface area (Å²) < 4.78 is 15.5. The molecule has 1 N–H and O–H groups in total. The molecular formula is C25H22FN3O2S. The molecule has 7 heteroatoms. The van der Waals surface area contributed by atoms with Gasteiger partial charge in [-0.3, -0.25) is 14.2 Å². The number of fused-ring (bicyclic) bond motifs is 1. The number of nitrogens with zero attached hydrogens (tertiary/aromatic N) is 2. The lowest BCUT2D eigenvalue weighted by Crippen LogP contribution is -2.26. The second-order valence-corrected chi connectivity index (χ2v) is 8.88. The highest BCUT2D eigenvalue weighted by Gasteiger charge is 2.21. The van der Waals surface area contributed by atoms with Crippen molar-refractivity contribution in [1.29, 1.82) is 0 Å². The summed E-state index contributed by atoms with van der Waals surface area (Å²) in [5, 5.41) is 2.88. The van der Waals surface area contributed by atoms with Gasteiger partial charge in [-0.1, -0.05) is 53.7 Å². The number of para-hydroxylation sites is 2. The SMILES string of the molecule is Cc1ccc(-n2c(SC(C)C(=O)Nc3ccccc3F)nc3ccccc3c2=O)c(C)c1. The Bertz CT molecular complexity index is 1380. The van der Waals surface area contributed by atoms with E-state index in [0.29, 0.717) is 21.7 Å². The van der Waals surface area contributed by atoms with Crippen LogP contribution in [0.1, 0.15) is 18.1 Å². The zero-order valence-corrected chi connectivity index (χ0v) is 18.7. The number of anilines is 1. The van der Waals surface area contributed by atoms with E-state index in [2.05, 4.69) is 5.32 Å². The number of thioether (sulfide) groups is 1. The Labute approximate surface area is 189 Å². The molecule has 5 nitrogen and oxygen atoms in total. The summed E-state index contributed by atoms with van der Waals surface area (Å²) in [6, 6.07) is 19.0. The van der Waals surface area contributed by atoms with E-state index in [1.165, 1.54) is 12.1 Å². The van der Waals surface area contributed by atoms with E-state index in [0.717, 1.165) is 22.9 Å². The number of nitrogens with one attached hydrogen (secondary N) is 1. The first kappa shape index (κ1) is 21.8. The van der Waals surface area contributed by atoms with Crippen molar-refractivity contribution in [3.63, 3.8) is 0 Å². The van der Waals surface area contributed by atoms with Crippen LogP contribution in [0.25, 0.3) is 16.6 Å². The molecule has 3 aromatic carbocycles. The summed E-state index contributed by atoms with van der Waals surface area (Å²) >= 11 is 1.16. The van der Waals surface area contributed by atoms with Gasteiger partial charge >= 0.3 is 0 Å². The highest BCUT2D eigenvalue weighted by molar-refractivity contribution is 8.00. The standard InChI is InChI=1S/C25H22FN3O2S/c1-15-12-13-22(16(2)14-15)29-24(31)18-8-4-6-10-20(18)28-25(29)32-17(3)23(30)27-21-11-7-5-9-19(21)26/h4-14,17H,1-3H3,(H,27,30). The van der Waals surface area contributed by atoms with Crippen LogP contribution in [-0.2, 0) is 4.79 Å². The van der Waals surface area contributed by atoms with Crippen molar-refractivity contribution in [2.45, 2.75) is 31.2 Å². The Hall–Kier alpha value is -3.45. The highest BCUT2D eigenvalue weighted by atomic mass is 32.2.